The minimum Gasteiger partial charge on any atom is -0.382 e. The summed E-state index contributed by atoms with van der Waals surface area (Å²) in [5.74, 6) is 0.229. The maximum atomic E-state index is 12.7. The second-order valence-electron chi connectivity index (χ2n) is 5.46. The van der Waals surface area contributed by atoms with Gasteiger partial charge in [0, 0.05) is 19.5 Å². The highest BCUT2D eigenvalue weighted by molar-refractivity contribution is 5.93. The molecule has 7 heteroatoms. The largest absolute Gasteiger partial charge is 0.382 e. The van der Waals surface area contributed by atoms with Gasteiger partial charge in [-0.1, -0.05) is 12.1 Å². The first-order valence-corrected chi connectivity index (χ1v) is 7.33. The fourth-order valence-electron chi connectivity index (χ4n) is 2.74. The molecule has 1 aliphatic heterocycles. The molecule has 0 atom stereocenters. The molecule has 0 spiro atoms. The second kappa shape index (κ2) is 5.28. The number of carbonyl (C=O) groups is 1. The van der Waals surface area contributed by atoms with E-state index in [4.69, 9.17) is 5.73 Å². The first-order valence-electron chi connectivity index (χ1n) is 7.33. The number of rotatable bonds is 1. The fourth-order valence-corrected chi connectivity index (χ4v) is 2.74. The molecule has 3 aromatic rings. The van der Waals surface area contributed by atoms with Gasteiger partial charge in [0.2, 0.25) is 0 Å². The van der Waals surface area contributed by atoms with Crippen molar-refractivity contribution in [2.45, 2.75) is 13.0 Å². The predicted molar refractivity (Wildman–Crippen MR) is 84.4 cm³/mol. The highest BCUT2D eigenvalue weighted by atomic mass is 16.2. The van der Waals surface area contributed by atoms with Crippen LogP contribution < -0.4 is 5.73 Å². The molecule has 0 unspecified atom stereocenters. The van der Waals surface area contributed by atoms with Gasteiger partial charge in [-0.15, -0.1) is 5.10 Å². The highest BCUT2D eigenvalue weighted by Gasteiger charge is 2.24. The van der Waals surface area contributed by atoms with Crippen LogP contribution in [0.1, 0.15) is 21.7 Å². The van der Waals surface area contributed by atoms with E-state index in [1.54, 1.807) is 11.0 Å². The van der Waals surface area contributed by atoms with E-state index < -0.39 is 0 Å². The van der Waals surface area contributed by atoms with Crippen LogP contribution in [0.2, 0.25) is 0 Å². The van der Waals surface area contributed by atoms with Crippen LogP contribution in [0, 0.1) is 0 Å². The number of carbonyl (C=O) groups excluding carboxylic acids is 1. The summed E-state index contributed by atoms with van der Waals surface area (Å²) in [7, 11) is 0. The van der Waals surface area contributed by atoms with Crippen molar-refractivity contribution in [2.75, 3.05) is 12.3 Å². The van der Waals surface area contributed by atoms with Crippen molar-refractivity contribution in [3.05, 3.63) is 53.5 Å². The van der Waals surface area contributed by atoms with Crippen molar-refractivity contribution in [1.29, 1.82) is 0 Å². The number of fused-ring (bicyclic) bond motifs is 2. The third-order valence-electron chi connectivity index (χ3n) is 3.91. The van der Waals surface area contributed by atoms with Crippen LogP contribution in [0.25, 0.3) is 11.0 Å². The lowest BCUT2D eigenvalue weighted by Gasteiger charge is -2.27. The number of benzene rings is 1. The molecule has 1 amide bonds. The summed E-state index contributed by atoms with van der Waals surface area (Å²) in [6, 6.07) is 9.26. The maximum absolute atomic E-state index is 12.7. The molecule has 0 bridgehead atoms. The molecule has 114 valence electrons. The van der Waals surface area contributed by atoms with Gasteiger partial charge in [-0.3, -0.25) is 9.78 Å². The molecule has 0 radical (unpaired) electrons. The van der Waals surface area contributed by atoms with Crippen LogP contribution in [-0.4, -0.2) is 37.5 Å². The summed E-state index contributed by atoms with van der Waals surface area (Å²) >= 11 is 0. The molecule has 4 rings (SSSR count). The molecular weight excluding hydrogens is 292 g/mol. The Hall–Kier alpha value is -3.09. The van der Waals surface area contributed by atoms with Crippen LogP contribution in [-0.2, 0) is 13.0 Å². The smallest absolute Gasteiger partial charge is 0.274 e. The van der Waals surface area contributed by atoms with Gasteiger partial charge in [-0.2, -0.15) is 5.10 Å². The molecule has 23 heavy (non-hydrogen) atoms. The van der Waals surface area contributed by atoms with E-state index in [1.807, 2.05) is 24.3 Å². The average molecular weight is 306 g/mol. The van der Waals surface area contributed by atoms with Gasteiger partial charge in [-0.25, -0.2) is 4.98 Å². The molecule has 1 aromatic carbocycles. The van der Waals surface area contributed by atoms with E-state index in [0.29, 0.717) is 36.5 Å². The zero-order chi connectivity index (χ0) is 15.8. The minimum absolute atomic E-state index is 0.135. The third-order valence-corrected chi connectivity index (χ3v) is 3.91. The topological polar surface area (TPSA) is 97.9 Å². The van der Waals surface area contributed by atoms with Gasteiger partial charge in [0.15, 0.2) is 0 Å². The Morgan fingerprint density at radius 3 is 2.87 bits per heavy atom. The number of anilines is 1. The van der Waals surface area contributed by atoms with Gasteiger partial charge in [0.25, 0.3) is 5.91 Å². The molecule has 0 aliphatic carbocycles. The minimum atomic E-state index is -0.135. The summed E-state index contributed by atoms with van der Waals surface area (Å²) in [4.78, 5) is 23.2. The molecule has 7 nitrogen and oxygen atoms in total. The van der Waals surface area contributed by atoms with E-state index >= 15 is 0 Å². The zero-order valence-corrected chi connectivity index (χ0v) is 12.3. The Kier molecular flexibility index (Phi) is 3.11. The van der Waals surface area contributed by atoms with Crippen LogP contribution in [0.5, 0.6) is 0 Å². The van der Waals surface area contributed by atoms with E-state index in [0.717, 1.165) is 16.8 Å². The van der Waals surface area contributed by atoms with Crippen LogP contribution in [0.4, 0.5) is 5.82 Å². The number of nitrogen functional groups attached to an aromatic ring is 1. The van der Waals surface area contributed by atoms with Crippen LogP contribution in [0.3, 0.4) is 0 Å². The van der Waals surface area contributed by atoms with Crippen molar-refractivity contribution in [3.63, 3.8) is 0 Å². The molecule has 2 aromatic heterocycles. The fraction of sp³-hybridized carbons (Fsp3) is 0.188. The maximum Gasteiger partial charge on any atom is 0.274 e. The third kappa shape index (κ3) is 2.46. The van der Waals surface area contributed by atoms with Crippen molar-refractivity contribution in [1.82, 2.24) is 25.1 Å². The SMILES string of the molecule is Nc1cc2c(nn1)CCN(C(=O)c1cnc3ccccc3n1)C2. The van der Waals surface area contributed by atoms with Gasteiger partial charge in [0.05, 0.1) is 22.9 Å². The predicted octanol–water partition coefficient (Wildman–Crippen LogP) is 1.20. The first kappa shape index (κ1) is 13.6. The number of nitrogens with two attached hydrogens (primary N) is 1. The number of hydrogen-bond donors (Lipinski definition) is 1. The summed E-state index contributed by atoms with van der Waals surface area (Å²) < 4.78 is 0. The first-order chi connectivity index (χ1) is 11.2. The highest BCUT2D eigenvalue weighted by Crippen LogP contribution is 2.19. The van der Waals surface area contributed by atoms with Gasteiger partial charge in [0.1, 0.15) is 11.5 Å². The number of amides is 1. The molecule has 0 fully saturated rings. The number of aromatic nitrogens is 4. The lowest BCUT2D eigenvalue weighted by molar-refractivity contribution is 0.0727. The summed E-state index contributed by atoms with van der Waals surface area (Å²) in [6.45, 7) is 1.04. The van der Waals surface area contributed by atoms with E-state index in [1.165, 1.54) is 6.20 Å². The lowest BCUT2D eigenvalue weighted by atomic mass is 10.1. The molecule has 0 saturated carbocycles. The lowest BCUT2D eigenvalue weighted by Crippen LogP contribution is -2.37. The normalized spacial score (nSPS) is 13.8. The molecule has 0 saturated heterocycles. The van der Waals surface area contributed by atoms with Gasteiger partial charge < -0.3 is 10.6 Å². The van der Waals surface area contributed by atoms with E-state index in [2.05, 4.69) is 20.2 Å². The Bertz CT molecular complexity index is 910. The van der Waals surface area contributed by atoms with Gasteiger partial charge >= 0.3 is 0 Å². The number of hydrogen-bond acceptors (Lipinski definition) is 6. The second-order valence-corrected chi connectivity index (χ2v) is 5.46. The van der Waals surface area contributed by atoms with Crippen molar-refractivity contribution in [3.8, 4) is 0 Å². The summed E-state index contributed by atoms with van der Waals surface area (Å²) in [5, 5.41) is 7.94. The average Bonchev–Trinajstić information content (AvgIpc) is 2.60. The Balaban J connectivity index is 1.63. The van der Waals surface area contributed by atoms with Crippen LogP contribution in [0.15, 0.2) is 36.5 Å². The Labute approximate surface area is 132 Å². The van der Waals surface area contributed by atoms with Gasteiger partial charge in [-0.05, 0) is 23.8 Å². The number of nitrogens with zero attached hydrogens (tertiary/aromatic N) is 5. The summed E-state index contributed by atoms with van der Waals surface area (Å²) in [6.07, 6.45) is 2.19. The zero-order valence-electron chi connectivity index (χ0n) is 12.3. The monoisotopic (exact) mass is 306 g/mol. The Morgan fingerprint density at radius 2 is 2.00 bits per heavy atom. The molecule has 1 aliphatic rings. The van der Waals surface area contributed by atoms with Crippen molar-refractivity contribution in [2.24, 2.45) is 0 Å². The standard InChI is InChI=1S/C16H14N6O/c17-15-7-10-9-22(6-5-11(10)20-21-15)16(23)14-8-18-12-3-1-2-4-13(12)19-14/h1-4,7-8H,5-6,9H2,(H2,17,21). The molecule has 2 N–H and O–H groups in total. The summed E-state index contributed by atoms with van der Waals surface area (Å²) in [5.41, 5.74) is 9.35. The molecule has 3 heterocycles. The van der Waals surface area contributed by atoms with Crippen molar-refractivity contribution >= 4 is 22.8 Å². The number of para-hydroxylation sites is 2. The van der Waals surface area contributed by atoms with E-state index in [9.17, 15) is 4.79 Å². The Morgan fingerprint density at radius 1 is 1.17 bits per heavy atom. The van der Waals surface area contributed by atoms with E-state index in [-0.39, 0.29) is 5.91 Å². The molecular formula is C16H14N6O. The van der Waals surface area contributed by atoms with Crippen molar-refractivity contribution < 1.29 is 4.79 Å². The van der Waals surface area contributed by atoms with Crippen LogP contribution >= 0.6 is 0 Å². The quantitative estimate of drug-likeness (QED) is 0.725.